The topological polar surface area (TPSA) is 48.4 Å². The van der Waals surface area contributed by atoms with Crippen molar-refractivity contribution in [3.63, 3.8) is 0 Å². The van der Waals surface area contributed by atoms with Gasteiger partial charge in [0.15, 0.2) is 0 Å². The summed E-state index contributed by atoms with van der Waals surface area (Å²) in [5.74, 6) is 0.915. The summed E-state index contributed by atoms with van der Waals surface area (Å²) in [4.78, 5) is 0. The Bertz CT molecular complexity index is 529. The van der Waals surface area contributed by atoms with Crippen molar-refractivity contribution < 1.29 is 13.5 Å². The summed E-state index contributed by atoms with van der Waals surface area (Å²) in [6, 6.07) is 1.92. The van der Waals surface area contributed by atoms with E-state index in [0.29, 0.717) is 19.6 Å². The molecule has 3 nitrogen and oxygen atoms in total. The highest BCUT2D eigenvalue weighted by Gasteiger charge is 2.25. The largest absolute Gasteiger partial charge is 0.493 e. The predicted molar refractivity (Wildman–Crippen MR) is 67.9 cm³/mol. The van der Waals surface area contributed by atoms with Crippen LogP contribution in [0.15, 0.2) is 16.7 Å². The minimum atomic E-state index is -0.377. The van der Waals surface area contributed by atoms with E-state index in [9.17, 15) is 4.39 Å². The van der Waals surface area contributed by atoms with Crippen molar-refractivity contribution in [2.45, 2.75) is 19.3 Å². The van der Waals surface area contributed by atoms with Gasteiger partial charge < -0.3 is 14.9 Å². The minimum Gasteiger partial charge on any atom is -0.493 e. The number of rotatable bonds is 4. The molecule has 0 unspecified atom stereocenters. The highest BCUT2D eigenvalue weighted by atomic mass is 19.1. The molecule has 0 bridgehead atoms. The Morgan fingerprint density at radius 3 is 2.94 bits per heavy atom. The Balaban J connectivity index is 2.29. The first-order chi connectivity index (χ1) is 8.86. The normalized spacial score (nSPS) is 13.9. The lowest BCUT2D eigenvalue weighted by Gasteiger charge is -2.12. The maximum absolute atomic E-state index is 12.7. The number of benzene rings is 1. The van der Waals surface area contributed by atoms with Crippen molar-refractivity contribution in [3.05, 3.63) is 29.0 Å². The third kappa shape index (κ3) is 1.60. The third-order valence-electron chi connectivity index (χ3n) is 3.51. The Hall–Kier alpha value is -1.55. The van der Waals surface area contributed by atoms with Gasteiger partial charge in [-0.05, 0) is 19.0 Å². The summed E-state index contributed by atoms with van der Waals surface area (Å²) in [6.45, 7) is 0.857. The Kier molecular flexibility index (Phi) is 2.96. The van der Waals surface area contributed by atoms with Gasteiger partial charge in [-0.1, -0.05) is 0 Å². The summed E-state index contributed by atoms with van der Waals surface area (Å²) in [6.07, 6.45) is 3.63. The van der Waals surface area contributed by atoms with Crippen LogP contribution in [-0.2, 0) is 19.3 Å². The zero-order valence-electron chi connectivity index (χ0n) is 10.2. The van der Waals surface area contributed by atoms with E-state index in [1.54, 1.807) is 6.26 Å². The molecule has 0 atom stereocenters. The highest BCUT2D eigenvalue weighted by molar-refractivity contribution is 5.88. The minimum absolute atomic E-state index is 0.377. The molecule has 0 amide bonds. The van der Waals surface area contributed by atoms with Gasteiger partial charge in [-0.15, -0.1) is 0 Å². The molecular formula is C14H16FNO2. The molecule has 3 rings (SSSR count). The first kappa shape index (κ1) is 11.5. The van der Waals surface area contributed by atoms with Gasteiger partial charge in [0.25, 0.3) is 0 Å². The average molecular weight is 249 g/mol. The van der Waals surface area contributed by atoms with Crippen molar-refractivity contribution in [3.8, 4) is 5.75 Å². The first-order valence-corrected chi connectivity index (χ1v) is 6.29. The van der Waals surface area contributed by atoms with Gasteiger partial charge in [-0.25, -0.2) is 0 Å². The maximum Gasteiger partial charge on any atom is 0.137 e. The number of halogens is 1. The molecule has 0 saturated carbocycles. The van der Waals surface area contributed by atoms with E-state index in [4.69, 9.17) is 14.9 Å². The van der Waals surface area contributed by atoms with E-state index in [2.05, 4.69) is 0 Å². The van der Waals surface area contributed by atoms with Gasteiger partial charge in [0, 0.05) is 34.9 Å². The molecule has 4 heteroatoms. The van der Waals surface area contributed by atoms with Gasteiger partial charge in [0.1, 0.15) is 11.3 Å². The average Bonchev–Trinajstić information content (AvgIpc) is 3.01. The smallest absolute Gasteiger partial charge is 0.137 e. The van der Waals surface area contributed by atoms with E-state index >= 15 is 0 Å². The number of hydrogen-bond donors (Lipinski definition) is 1. The number of hydrogen-bond acceptors (Lipinski definition) is 3. The third-order valence-corrected chi connectivity index (χ3v) is 3.51. The van der Waals surface area contributed by atoms with E-state index in [0.717, 1.165) is 46.3 Å². The second-order valence-electron chi connectivity index (χ2n) is 4.50. The van der Waals surface area contributed by atoms with Gasteiger partial charge in [0.05, 0.1) is 19.5 Å². The van der Waals surface area contributed by atoms with Crippen LogP contribution in [0.1, 0.15) is 16.7 Å². The fourth-order valence-corrected chi connectivity index (χ4v) is 2.80. The molecule has 1 aliphatic rings. The Morgan fingerprint density at radius 1 is 1.28 bits per heavy atom. The number of ether oxygens (including phenoxy) is 1. The lowest BCUT2D eigenvalue weighted by Crippen LogP contribution is -2.05. The molecule has 1 aromatic carbocycles. The van der Waals surface area contributed by atoms with Crippen LogP contribution in [0.2, 0.25) is 0 Å². The zero-order valence-corrected chi connectivity index (χ0v) is 10.2. The molecule has 0 saturated heterocycles. The van der Waals surface area contributed by atoms with Crippen LogP contribution < -0.4 is 10.5 Å². The van der Waals surface area contributed by atoms with Crippen LogP contribution in [0.25, 0.3) is 11.0 Å². The number of furan rings is 1. The maximum atomic E-state index is 12.7. The SMILES string of the molecule is NCCc1c2c(c(CCF)c3occc13)CCO2. The fourth-order valence-electron chi connectivity index (χ4n) is 2.80. The van der Waals surface area contributed by atoms with Crippen LogP contribution in [0.3, 0.4) is 0 Å². The molecule has 1 aliphatic heterocycles. The van der Waals surface area contributed by atoms with Crippen molar-refractivity contribution in [2.75, 3.05) is 19.8 Å². The van der Waals surface area contributed by atoms with Gasteiger partial charge in [-0.2, -0.15) is 0 Å². The van der Waals surface area contributed by atoms with E-state index in [1.807, 2.05) is 6.07 Å². The van der Waals surface area contributed by atoms with Crippen LogP contribution in [-0.4, -0.2) is 19.8 Å². The molecule has 18 heavy (non-hydrogen) atoms. The molecule has 0 aliphatic carbocycles. The van der Waals surface area contributed by atoms with Gasteiger partial charge in [-0.3, -0.25) is 4.39 Å². The zero-order chi connectivity index (χ0) is 12.5. The first-order valence-electron chi connectivity index (χ1n) is 6.29. The van der Waals surface area contributed by atoms with E-state index in [1.165, 1.54) is 0 Å². The van der Waals surface area contributed by atoms with Gasteiger partial charge in [0.2, 0.25) is 0 Å². The standard InChI is InChI=1S/C14H16FNO2/c15-5-1-9-11-3-7-18-14(11)10(2-6-16)12-4-8-17-13(9)12/h4,8H,1-3,5-7,16H2. The van der Waals surface area contributed by atoms with Crippen molar-refractivity contribution in [1.82, 2.24) is 0 Å². The Morgan fingerprint density at radius 2 is 2.17 bits per heavy atom. The predicted octanol–water partition coefficient (Wildman–Crippen LogP) is 2.38. The molecule has 2 heterocycles. The summed E-state index contributed by atoms with van der Waals surface area (Å²) < 4.78 is 24.0. The van der Waals surface area contributed by atoms with E-state index in [-0.39, 0.29) is 6.67 Å². The number of fused-ring (bicyclic) bond motifs is 2. The molecular weight excluding hydrogens is 233 g/mol. The molecule has 96 valence electrons. The summed E-state index contributed by atoms with van der Waals surface area (Å²) >= 11 is 0. The van der Waals surface area contributed by atoms with Crippen molar-refractivity contribution in [2.24, 2.45) is 5.73 Å². The van der Waals surface area contributed by atoms with Crippen LogP contribution in [0.5, 0.6) is 5.75 Å². The van der Waals surface area contributed by atoms with Crippen molar-refractivity contribution in [1.29, 1.82) is 0 Å². The highest BCUT2D eigenvalue weighted by Crippen LogP contribution is 2.40. The number of alkyl halides is 1. The summed E-state index contributed by atoms with van der Waals surface area (Å²) in [5.41, 5.74) is 9.65. The van der Waals surface area contributed by atoms with Crippen molar-refractivity contribution >= 4 is 11.0 Å². The van der Waals surface area contributed by atoms with Gasteiger partial charge >= 0.3 is 0 Å². The molecule has 0 fully saturated rings. The lowest BCUT2D eigenvalue weighted by atomic mass is 9.94. The van der Waals surface area contributed by atoms with E-state index < -0.39 is 0 Å². The second kappa shape index (κ2) is 4.61. The number of nitrogens with two attached hydrogens (primary N) is 1. The van der Waals surface area contributed by atoms with Crippen LogP contribution in [0, 0.1) is 0 Å². The quantitative estimate of drug-likeness (QED) is 0.905. The molecule has 2 aromatic rings. The number of aryl methyl sites for hydroxylation is 1. The monoisotopic (exact) mass is 249 g/mol. The Labute approximate surface area is 105 Å². The molecule has 2 N–H and O–H groups in total. The summed E-state index contributed by atoms with van der Waals surface area (Å²) in [5, 5.41) is 1.02. The molecule has 0 radical (unpaired) electrons. The fraction of sp³-hybridized carbons (Fsp3) is 0.429. The summed E-state index contributed by atoms with van der Waals surface area (Å²) in [7, 11) is 0. The van der Waals surface area contributed by atoms with Crippen LogP contribution >= 0.6 is 0 Å². The lowest BCUT2D eigenvalue weighted by molar-refractivity contribution is 0.354. The molecule has 0 spiro atoms. The molecule has 1 aromatic heterocycles. The van der Waals surface area contributed by atoms with Crippen LogP contribution in [0.4, 0.5) is 4.39 Å². The second-order valence-corrected chi connectivity index (χ2v) is 4.50.